The predicted octanol–water partition coefficient (Wildman–Crippen LogP) is 3.11. The summed E-state index contributed by atoms with van der Waals surface area (Å²) < 4.78 is 25.7. The molecule has 1 saturated carbocycles. The predicted molar refractivity (Wildman–Crippen MR) is 57.9 cm³/mol. The molecule has 0 aromatic heterocycles. The summed E-state index contributed by atoms with van der Waals surface area (Å²) in [5.41, 5.74) is 6.39. The fourth-order valence-corrected chi connectivity index (χ4v) is 2.10. The summed E-state index contributed by atoms with van der Waals surface area (Å²) in [4.78, 5) is 0. The van der Waals surface area contributed by atoms with Crippen LogP contribution in [0.25, 0.3) is 0 Å². The van der Waals surface area contributed by atoms with Crippen LogP contribution in [0.4, 0.5) is 8.78 Å². The highest BCUT2D eigenvalue weighted by atomic mass is 35.5. The van der Waals surface area contributed by atoms with E-state index < -0.39 is 17.2 Å². The molecule has 4 heteroatoms. The van der Waals surface area contributed by atoms with Gasteiger partial charge in [0.25, 0.3) is 0 Å². The second-order valence-electron chi connectivity index (χ2n) is 3.99. The summed E-state index contributed by atoms with van der Waals surface area (Å²) in [6.07, 6.45) is 3.85. The van der Waals surface area contributed by atoms with Crippen molar-refractivity contribution in [3.63, 3.8) is 0 Å². The molecule has 2 N–H and O–H groups in total. The number of nitrogens with two attached hydrogens (primary N) is 1. The smallest absolute Gasteiger partial charge is 0.159 e. The third kappa shape index (κ3) is 2.29. The molecule has 2 rings (SSSR count). The summed E-state index contributed by atoms with van der Waals surface area (Å²) in [5, 5.41) is 0. The SMILES string of the molecule is Cl.NC1(c2ccc(F)c(F)c2)CCCC1. The Morgan fingerprint density at radius 1 is 1.07 bits per heavy atom. The molecule has 84 valence electrons. The van der Waals surface area contributed by atoms with Gasteiger partial charge in [0, 0.05) is 5.54 Å². The number of hydrogen-bond acceptors (Lipinski definition) is 1. The second-order valence-corrected chi connectivity index (χ2v) is 3.99. The Morgan fingerprint density at radius 2 is 1.67 bits per heavy atom. The molecule has 1 aliphatic carbocycles. The lowest BCUT2D eigenvalue weighted by molar-refractivity contribution is 0.449. The summed E-state index contributed by atoms with van der Waals surface area (Å²) in [6, 6.07) is 3.96. The van der Waals surface area contributed by atoms with E-state index in [-0.39, 0.29) is 12.4 Å². The second kappa shape index (κ2) is 4.45. The van der Waals surface area contributed by atoms with Crippen LogP contribution in [0.3, 0.4) is 0 Å². The highest BCUT2D eigenvalue weighted by Crippen LogP contribution is 2.36. The molecule has 0 spiro atoms. The van der Waals surface area contributed by atoms with Gasteiger partial charge in [-0.15, -0.1) is 12.4 Å². The van der Waals surface area contributed by atoms with Crippen LogP contribution in [0.1, 0.15) is 31.2 Å². The number of hydrogen-bond donors (Lipinski definition) is 1. The van der Waals surface area contributed by atoms with Gasteiger partial charge in [-0.3, -0.25) is 0 Å². The summed E-state index contributed by atoms with van der Waals surface area (Å²) in [5.74, 6) is -1.62. The first-order chi connectivity index (χ1) is 6.62. The van der Waals surface area contributed by atoms with Crippen molar-refractivity contribution in [3.8, 4) is 0 Å². The largest absolute Gasteiger partial charge is 0.321 e. The fraction of sp³-hybridized carbons (Fsp3) is 0.455. The Balaban J connectivity index is 0.00000112. The number of halogens is 3. The van der Waals surface area contributed by atoms with Crippen molar-refractivity contribution >= 4 is 12.4 Å². The average molecular weight is 234 g/mol. The summed E-state index contributed by atoms with van der Waals surface area (Å²) >= 11 is 0. The average Bonchev–Trinajstić information content (AvgIpc) is 2.58. The van der Waals surface area contributed by atoms with E-state index in [1.165, 1.54) is 6.07 Å². The molecule has 0 saturated heterocycles. The number of benzene rings is 1. The molecule has 0 unspecified atom stereocenters. The third-order valence-corrected chi connectivity index (χ3v) is 2.99. The van der Waals surface area contributed by atoms with Crippen LogP contribution in [0.15, 0.2) is 18.2 Å². The van der Waals surface area contributed by atoms with Gasteiger partial charge in [-0.05, 0) is 30.5 Å². The maximum Gasteiger partial charge on any atom is 0.159 e. The zero-order valence-corrected chi connectivity index (χ0v) is 9.12. The van der Waals surface area contributed by atoms with Crippen LogP contribution >= 0.6 is 12.4 Å². The van der Waals surface area contributed by atoms with Gasteiger partial charge >= 0.3 is 0 Å². The van der Waals surface area contributed by atoms with Crippen molar-refractivity contribution in [1.29, 1.82) is 0 Å². The molecule has 1 aromatic carbocycles. The number of rotatable bonds is 1. The van der Waals surface area contributed by atoms with E-state index in [1.807, 2.05) is 0 Å². The van der Waals surface area contributed by atoms with E-state index in [2.05, 4.69) is 0 Å². The zero-order valence-electron chi connectivity index (χ0n) is 8.30. The Hall–Kier alpha value is -0.670. The minimum atomic E-state index is -0.810. The molecule has 1 aliphatic rings. The lowest BCUT2D eigenvalue weighted by Crippen LogP contribution is -2.33. The Bertz CT molecular complexity index is 348. The lowest BCUT2D eigenvalue weighted by atomic mass is 9.89. The van der Waals surface area contributed by atoms with Crippen molar-refractivity contribution < 1.29 is 8.78 Å². The molecule has 0 heterocycles. The highest BCUT2D eigenvalue weighted by molar-refractivity contribution is 5.85. The van der Waals surface area contributed by atoms with Crippen molar-refractivity contribution in [3.05, 3.63) is 35.4 Å². The van der Waals surface area contributed by atoms with Crippen LogP contribution in [-0.4, -0.2) is 0 Å². The van der Waals surface area contributed by atoms with Crippen molar-refractivity contribution in [1.82, 2.24) is 0 Å². The first-order valence-corrected chi connectivity index (χ1v) is 4.86. The summed E-state index contributed by atoms with van der Waals surface area (Å²) in [6.45, 7) is 0. The molecular formula is C11H14ClF2N. The van der Waals surface area contributed by atoms with Gasteiger partial charge < -0.3 is 5.73 Å². The molecule has 0 amide bonds. The van der Waals surface area contributed by atoms with E-state index in [1.54, 1.807) is 6.07 Å². The summed E-state index contributed by atoms with van der Waals surface area (Å²) in [7, 11) is 0. The molecule has 0 radical (unpaired) electrons. The quantitative estimate of drug-likeness (QED) is 0.793. The zero-order chi connectivity index (χ0) is 10.2. The molecule has 0 bridgehead atoms. The first-order valence-electron chi connectivity index (χ1n) is 4.86. The van der Waals surface area contributed by atoms with Gasteiger partial charge in [0.2, 0.25) is 0 Å². The fourth-order valence-electron chi connectivity index (χ4n) is 2.10. The van der Waals surface area contributed by atoms with Gasteiger partial charge in [0.1, 0.15) is 0 Å². The lowest BCUT2D eigenvalue weighted by Gasteiger charge is -2.24. The molecule has 0 atom stereocenters. The molecule has 1 fully saturated rings. The third-order valence-electron chi connectivity index (χ3n) is 2.99. The van der Waals surface area contributed by atoms with Crippen molar-refractivity contribution in [2.75, 3.05) is 0 Å². The molecule has 0 aliphatic heterocycles. The van der Waals surface area contributed by atoms with E-state index in [0.717, 1.165) is 31.7 Å². The topological polar surface area (TPSA) is 26.0 Å². The maximum atomic E-state index is 13.0. The van der Waals surface area contributed by atoms with Gasteiger partial charge in [0.05, 0.1) is 0 Å². The highest BCUT2D eigenvalue weighted by Gasteiger charge is 2.31. The van der Waals surface area contributed by atoms with Crippen LogP contribution in [0.2, 0.25) is 0 Å². The van der Waals surface area contributed by atoms with Crippen LogP contribution in [-0.2, 0) is 5.54 Å². The van der Waals surface area contributed by atoms with Gasteiger partial charge in [-0.25, -0.2) is 8.78 Å². The molecular weight excluding hydrogens is 220 g/mol. The Morgan fingerprint density at radius 3 is 2.20 bits per heavy atom. The van der Waals surface area contributed by atoms with Crippen LogP contribution in [0, 0.1) is 11.6 Å². The first kappa shape index (κ1) is 12.4. The standard InChI is InChI=1S/C11H13F2N.ClH/c12-9-4-3-8(7-10(9)13)11(14)5-1-2-6-11;/h3-4,7H,1-2,5-6,14H2;1H. The van der Waals surface area contributed by atoms with E-state index in [9.17, 15) is 8.78 Å². The minimum absolute atomic E-state index is 0. The van der Waals surface area contributed by atoms with Gasteiger partial charge in [-0.1, -0.05) is 18.9 Å². The van der Waals surface area contributed by atoms with Crippen molar-refractivity contribution in [2.45, 2.75) is 31.2 Å². The van der Waals surface area contributed by atoms with Crippen LogP contribution < -0.4 is 5.73 Å². The Kier molecular flexibility index (Phi) is 3.68. The molecule has 15 heavy (non-hydrogen) atoms. The monoisotopic (exact) mass is 233 g/mol. The van der Waals surface area contributed by atoms with Crippen molar-refractivity contribution in [2.24, 2.45) is 5.73 Å². The Labute approximate surface area is 94.1 Å². The van der Waals surface area contributed by atoms with E-state index in [0.29, 0.717) is 5.56 Å². The van der Waals surface area contributed by atoms with E-state index in [4.69, 9.17) is 5.73 Å². The van der Waals surface area contributed by atoms with Gasteiger partial charge in [-0.2, -0.15) is 0 Å². The normalized spacial score (nSPS) is 18.6. The molecule has 1 nitrogen and oxygen atoms in total. The van der Waals surface area contributed by atoms with E-state index >= 15 is 0 Å². The minimum Gasteiger partial charge on any atom is -0.321 e. The molecule has 1 aromatic rings. The maximum absolute atomic E-state index is 13.0. The van der Waals surface area contributed by atoms with Crippen LogP contribution in [0.5, 0.6) is 0 Å². The van der Waals surface area contributed by atoms with Gasteiger partial charge in [0.15, 0.2) is 11.6 Å².